The first kappa shape index (κ1) is 13.8. The number of hydrogen-bond donors (Lipinski definition) is 2. The summed E-state index contributed by atoms with van der Waals surface area (Å²) in [4.78, 5) is 13.4. The molecule has 1 aliphatic rings. The zero-order valence-corrected chi connectivity index (χ0v) is 11.5. The van der Waals surface area contributed by atoms with E-state index in [1.165, 1.54) is 6.07 Å². The zero-order valence-electron chi connectivity index (χ0n) is 10.7. The molecule has 1 aromatic rings. The summed E-state index contributed by atoms with van der Waals surface area (Å²) in [6, 6.07) is 4.80. The normalized spacial score (nSPS) is 15.6. The van der Waals surface area contributed by atoms with Gasteiger partial charge in [-0.25, -0.2) is 18.4 Å². The molecule has 0 spiro atoms. The van der Waals surface area contributed by atoms with Gasteiger partial charge in [0.25, 0.3) is 0 Å². The van der Waals surface area contributed by atoms with Crippen LogP contribution in [0.25, 0.3) is 0 Å². The van der Waals surface area contributed by atoms with Crippen LogP contribution in [0.5, 0.6) is 0 Å². The zero-order chi connectivity index (χ0) is 14.0. The van der Waals surface area contributed by atoms with Gasteiger partial charge in [-0.1, -0.05) is 6.07 Å². The van der Waals surface area contributed by atoms with Crippen LogP contribution in [0, 0.1) is 0 Å². The first-order valence-corrected chi connectivity index (χ1v) is 7.57. The topological polar surface area (TPSA) is 92.5 Å². The number of urea groups is 1. The standard InChI is InChI=1S/C12H17N3O3S/c1-14-12(16)15-6-4-9-2-3-11(19(13,17)18)8-10(9)5-7-15/h2-3,8H,4-7H2,1H3,(H,14,16)(H2,13,17,18). The molecule has 1 heterocycles. The lowest BCUT2D eigenvalue weighted by Crippen LogP contribution is -2.39. The van der Waals surface area contributed by atoms with Gasteiger partial charge in [0.15, 0.2) is 0 Å². The van der Waals surface area contributed by atoms with Crippen LogP contribution in [0.4, 0.5) is 4.79 Å². The van der Waals surface area contributed by atoms with Crippen LogP contribution in [0.2, 0.25) is 0 Å². The Morgan fingerprint density at radius 3 is 2.47 bits per heavy atom. The summed E-state index contributed by atoms with van der Waals surface area (Å²) < 4.78 is 22.7. The fraction of sp³-hybridized carbons (Fsp3) is 0.417. The van der Waals surface area contributed by atoms with Gasteiger partial charge in [0, 0.05) is 20.1 Å². The third-order valence-electron chi connectivity index (χ3n) is 3.31. The molecule has 1 aliphatic heterocycles. The van der Waals surface area contributed by atoms with Crippen LogP contribution >= 0.6 is 0 Å². The van der Waals surface area contributed by atoms with Gasteiger partial charge in [0.05, 0.1) is 4.90 Å². The minimum absolute atomic E-state index is 0.112. The summed E-state index contributed by atoms with van der Waals surface area (Å²) in [6.07, 6.45) is 1.35. The van der Waals surface area contributed by atoms with E-state index in [9.17, 15) is 13.2 Å². The number of carbonyl (C=O) groups is 1. The number of primary sulfonamides is 1. The van der Waals surface area contributed by atoms with Crippen LogP contribution < -0.4 is 10.5 Å². The molecule has 104 valence electrons. The second-order valence-corrected chi connectivity index (χ2v) is 6.08. The van der Waals surface area contributed by atoms with Crippen molar-refractivity contribution in [3.8, 4) is 0 Å². The molecule has 19 heavy (non-hydrogen) atoms. The lowest BCUT2D eigenvalue weighted by molar-refractivity contribution is 0.202. The third kappa shape index (κ3) is 3.05. The van der Waals surface area contributed by atoms with Gasteiger partial charge < -0.3 is 10.2 Å². The van der Waals surface area contributed by atoms with E-state index < -0.39 is 10.0 Å². The fourth-order valence-electron chi connectivity index (χ4n) is 2.24. The van der Waals surface area contributed by atoms with Gasteiger partial charge in [-0.3, -0.25) is 0 Å². The van der Waals surface area contributed by atoms with E-state index in [1.807, 2.05) is 0 Å². The van der Waals surface area contributed by atoms with E-state index in [4.69, 9.17) is 5.14 Å². The second kappa shape index (κ2) is 5.18. The number of fused-ring (bicyclic) bond motifs is 1. The maximum atomic E-state index is 11.6. The SMILES string of the molecule is CNC(=O)N1CCc2ccc(S(N)(=O)=O)cc2CC1. The van der Waals surface area contributed by atoms with Crippen LogP contribution in [-0.2, 0) is 22.9 Å². The number of hydrogen-bond acceptors (Lipinski definition) is 3. The Hall–Kier alpha value is -1.60. The molecule has 0 bridgehead atoms. The average Bonchev–Trinajstić information content (AvgIpc) is 2.58. The first-order chi connectivity index (χ1) is 8.91. The van der Waals surface area contributed by atoms with Crippen molar-refractivity contribution in [2.24, 2.45) is 5.14 Å². The van der Waals surface area contributed by atoms with Gasteiger partial charge >= 0.3 is 6.03 Å². The molecule has 6 nitrogen and oxygen atoms in total. The largest absolute Gasteiger partial charge is 0.341 e. The van der Waals surface area contributed by atoms with Gasteiger partial charge in [0.1, 0.15) is 0 Å². The number of carbonyl (C=O) groups excluding carboxylic acids is 1. The molecule has 7 heteroatoms. The molecule has 0 atom stereocenters. The first-order valence-electron chi connectivity index (χ1n) is 6.03. The molecule has 2 amide bonds. The smallest absolute Gasteiger partial charge is 0.317 e. The van der Waals surface area contributed by atoms with E-state index in [0.717, 1.165) is 11.1 Å². The van der Waals surface area contributed by atoms with Crippen molar-refractivity contribution in [3.63, 3.8) is 0 Å². The molecule has 0 unspecified atom stereocenters. The molecule has 0 aliphatic carbocycles. The highest BCUT2D eigenvalue weighted by molar-refractivity contribution is 7.89. The van der Waals surface area contributed by atoms with Crippen molar-refractivity contribution < 1.29 is 13.2 Å². The van der Waals surface area contributed by atoms with E-state index in [0.29, 0.717) is 25.9 Å². The number of benzene rings is 1. The second-order valence-electron chi connectivity index (χ2n) is 4.52. The van der Waals surface area contributed by atoms with Crippen molar-refractivity contribution >= 4 is 16.1 Å². The van der Waals surface area contributed by atoms with Gasteiger partial charge in [-0.05, 0) is 36.1 Å². The van der Waals surface area contributed by atoms with Gasteiger partial charge in [-0.2, -0.15) is 0 Å². The Labute approximate surface area is 112 Å². The molecular weight excluding hydrogens is 266 g/mol. The molecular formula is C12H17N3O3S. The Balaban J connectivity index is 2.26. The lowest BCUT2D eigenvalue weighted by Gasteiger charge is -2.19. The van der Waals surface area contributed by atoms with Crippen LogP contribution in [0.1, 0.15) is 11.1 Å². The third-order valence-corrected chi connectivity index (χ3v) is 4.22. The highest BCUT2D eigenvalue weighted by Gasteiger charge is 2.19. The number of rotatable bonds is 1. The molecule has 0 saturated heterocycles. The molecule has 0 radical (unpaired) electrons. The fourth-order valence-corrected chi connectivity index (χ4v) is 2.80. The van der Waals surface area contributed by atoms with Crippen molar-refractivity contribution in [1.29, 1.82) is 0 Å². The monoisotopic (exact) mass is 283 g/mol. The number of nitrogens with zero attached hydrogens (tertiary/aromatic N) is 1. The Bertz CT molecular complexity index is 598. The summed E-state index contributed by atoms with van der Waals surface area (Å²) in [5.41, 5.74) is 2.01. The summed E-state index contributed by atoms with van der Waals surface area (Å²) in [5, 5.41) is 7.72. The van der Waals surface area contributed by atoms with E-state index in [2.05, 4.69) is 5.32 Å². The highest BCUT2D eigenvalue weighted by atomic mass is 32.2. The van der Waals surface area contributed by atoms with Crippen molar-refractivity contribution in [3.05, 3.63) is 29.3 Å². The Morgan fingerprint density at radius 2 is 1.89 bits per heavy atom. The van der Waals surface area contributed by atoms with E-state index >= 15 is 0 Å². The van der Waals surface area contributed by atoms with E-state index in [1.54, 1.807) is 24.1 Å². The average molecular weight is 283 g/mol. The lowest BCUT2D eigenvalue weighted by atomic mass is 10.0. The van der Waals surface area contributed by atoms with Crippen molar-refractivity contribution in [2.45, 2.75) is 17.7 Å². The summed E-state index contributed by atoms with van der Waals surface area (Å²) in [5.74, 6) is 0. The molecule has 3 N–H and O–H groups in total. The minimum Gasteiger partial charge on any atom is -0.341 e. The number of nitrogens with two attached hydrogens (primary N) is 1. The maximum absolute atomic E-state index is 11.6. The molecule has 0 fully saturated rings. The quantitative estimate of drug-likeness (QED) is 0.764. The van der Waals surface area contributed by atoms with Crippen LogP contribution in [0.15, 0.2) is 23.1 Å². The predicted molar refractivity (Wildman–Crippen MR) is 71.3 cm³/mol. The van der Waals surface area contributed by atoms with Gasteiger partial charge in [-0.15, -0.1) is 0 Å². The highest BCUT2D eigenvalue weighted by Crippen LogP contribution is 2.19. The number of sulfonamides is 1. The van der Waals surface area contributed by atoms with E-state index in [-0.39, 0.29) is 10.9 Å². The Morgan fingerprint density at radius 1 is 1.26 bits per heavy atom. The minimum atomic E-state index is -3.68. The van der Waals surface area contributed by atoms with Crippen molar-refractivity contribution in [1.82, 2.24) is 10.2 Å². The molecule has 1 aromatic carbocycles. The summed E-state index contributed by atoms with van der Waals surface area (Å²) in [6.45, 7) is 1.20. The maximum Gasteiger partial charge on any atom is 0.317 e. The summed E-state index contributed by atoms with van der Waals surface area (Å²) >= 11 is 0. The predicted octanol–water partition coefficient (Wildman–Crippen LogP) is 0.0740. The molecule has 0 aromatic heterocycles. The number of amides is 2. The van der Waals surface area contributed by atoms with Gasteiger partial charge in [0.2, 0.25) is 10.0 Å². The number of nitrogens with one attached hydrogen (secondary N) is 1. The molecule has 2 rings (SSSR count). The molecule has 0 saturated carbocycles. The Kier molecular flexibility index (Phi) is 3.77. The summed E-state index contributed by atoms with van der Waals surface area (Å²) in [7, 11) is -2.08. The van der Waals surface area contributed by atoms with Crippen molar-refractivity contribution in [2.75, 3.05) is 20.1 Å². The van der Waals surface area contributed by atoms with Crippen LogP contribution in [-0.4, -0.2) is 39.5 Å². The van der Waals surface area contributed by atoms with Crippen LogP contribution in [0.3, 0.4) is 0 Å².